The zero-order valence-corrected chi connectivity index (χ0v) is 16.0. The van der Waals surface area contributed by atoms with Crippen molar-refractivity contribution in [2.45, 2.75) is 0 Å². The van der Waals surface area contributed by atoms with Crippen LogP contribution in [0, 0.1) is 11.3 Å². The molecule has 144 valence electrons. The van der Waals surface area contributed by atoms with E-state index in [1.807, 2.05) is 65.6 Å². The van der Waals surface area contributed by atoms with E-state index in [4.69, 9.17) is 5.26 Å². The molecule has 6 heteroatoms. The Balaban J connectivity index is 1.40. The number of rotatable bonds is 3. The number of pyridine rings is 1. The van der Waals surface area contributed by atoms with Crippen molar-refractivity contribution in [3.63, 3.8) is 0 Å². The van der Waals surface area contributed by atoms with Gasteiger partial charge in [0.05, 0.1) is 11.3 Å². The van der Waals surface area contributed by atoms with Gasteiger partial charge in [-0.2, -0.15) is 5.26 Å². The lowest BCUT2D eigenvalue weighted by Crippen LogP contribution is -2.50. The zero-order chi connectivity index (χ0) is 20.1. The SMILES string of the molecule is N#Cc1ccc(N2CCN(C(=O)Nc3ccccc3-c3ccccc3)CC2)nc1. The molecule has 0 unspecified atom stereocenters. The van der Waals surface area contributed by atoms with Crippen LogP contribution in [-0.2, 0) is 0 Å². The van der Waals surface area contributed by atoms with Gasteiger partial charge in [-0.15, -0.1) is 0 Å². The highest BCUT2D eigenvalue weighted by Gasteiger charge is 2.22. The number of para-hydroxylation sites is 1. The maximum absolute atomic E-state index is 12.8. The number of hydrogen-bond acceptors (Lipinski definition) is 4. The van der Waals surface area contributed by atoms with Gasteiger partial charge < -0.3 is 15.1 Å². The molecule has 1 fully saturated rings. The van der Waals surface area contributed by atoms with Crippen LogP contribution in [-0.4, -0.2) is 42.1 Å². The molecule has 1 N–H and O–H groups in total. The van der Waals surface area contributed by atoms with Crippen LogP contribution in [0.1, 0.15) is 5.56 Å². The summed E-state index contributed by atoms with van der Waals surface area (Å²) in [5.74, 6) is 0.832. The molecule has 1 aliphatic rings. The minimum absolute atomic E-state index is 0.0965. The number of nitrogens with one attached hydrogen (secondary N) is 1. The summed E-state index contributed by atoms with van der Waals surface area (Å²) in [5.41, 5.74) is 3.42. The van der Waals surface area contributed by atoms with Crippen LogP contribution in [0.5, 0.6) is 0 Å². The zero-order valence-electron chi connectivity index (χ0n) is 16.0. The summed E-state index contributed by atoms with van der Waals surface area (Å²) in [6.45, 7) is 2.63. The summed E-state index contributed by atoms with van der Waals surface area (Å²) in [7, 11) is 0. The number of piperazine rings is 1. The molecule has 1 aromatic heterocycles. The molecule has 6 nitrogen and oxygen atoms in total. The van der Waals surface area contributed by atoms with E-state index >= 15 is 0 Å². The van der Waals surface area contributed by atoms with Crippen LogP contribution in [0.25, 0.3) is 11.1 Å². The first-order valence-electron chi connectivity index (χ1n) is 9.56. The summed E-state index contributed by atoms with van der Waals surface area (Å²) in [6, 6.07) is 23.5. The van der Waals surface area contributed by atoms with Crippen molar-refractivity contribution in [1.82, 2.24) is 9.88 Å². The number of nitrogens with zero attached hydrogens (tertiary/aromatic N) is 4. The molecular weight excluding hydrogens is 362 g/mol. The summed E-state index contributed by atoms with van der Waals surface area (Å²) in [4.78, 5) is 21.1. The normalized spacial score (nSPS) is 13.6. The van der Waals surface area contributed by atoms with Crippen molar-refractivity contribution in [1.29, 1.82) is 5.26 Å². The largest absolute Gasteiger partial charge is 0.353 e. The van der Waals surface area contributed by atoms with Gasteiger partial charge in [-0.05, 0) is 23.8 Å². The summed E-state index contributed by atoms with van der Waals surface area (Å²) < 4.78 is 0. The maximum atomic E-state index is 12.8. The first-order chi connectivity index (χ1) is 14.2. The molecular formula is C23H21N5O. The second kappa shape index (κ2) is 8.44. The summed E-state index contributed by atoms with van der Waals surface area (Å²) >= 11 is 0. The Hall–Kier alpha value is -3.85. The monoisotopic (exact) mass is 383 g/mol. The number of hydrogen-bond donors (Lipinski definition) is 1. The Labute approximate surface area is 170 Å². The van der Waals surface area contributed by atoms with Crippen molar-refractivity contribution in [2.24, 2.45) is 0 Å². The minimum atomic E-state index is -0.0965. The lowest BCUT2D eigenvalue weighted by molar-refractivity contribution is 0.208. The number of carbonyl (C=O) groups is 1. The van der Waals surface area contributed by atoms with E-state index in [1.165, 1.54) is 0 Å². The second-order valence-corrected chi connectivity index (χ2v) is 6.83. The lowest BCUT2D eigenvalue weighted by Gasteiger charge is -2.35. The van der Waals surface area contributed by atoms with E-state index in [9.17, 15) is 4.79 Å². The highest BCUT2D eigenvalue weighted by atomic mass is 16.2. The Morgan fingerprint density at radius 2 is 1.66 bits per heavy atom. The van der Waals surface area contributed by atoms with E-state index in [0.29, 0.717) is 31.7 Å². The van der Waals surface area contributed by atoms with Crippen molar-refractivity contribution < 1.29 is 4.79 Å². The van der Waals surface area contributed by atoms with Crippen LogP contribution < -0.4 is 10.2 Å². The second-order valence-electron chi connectivity index (χ2n) is 6.83. The van der Waals surface area contributed by atoms with E-state index in [1.54, 1.807) is 12.3 Å². The molecule has 2 aromatic carbocycles. The van der Waals surface area contributed by atoms with Crippen molar-refractivity contribution >= 4 is 17.5 Å². The fourth-order valence-corrected chi connectivity index (χ4v) is 3.43. The molecule has 0 aliphatic carbocycles. The van der Waals surface area contributed by atoms with Crippen molar-refractivity contribution in [3.8, 4) is 17.2 Å². The van der Waals surface area contributed by atoms with Gasteiger partial charge in [0.15, 0.2) is 0 Å². The molecule has 29 heavy (non-hydrogen) atoms. The van der Waals surface area contributed by atoms with Crippen LogP contribution >= 0.6 is 0 Å². The number of amides is 2. The third-order valence-corrected chi connectivity index (χ3v) is 5.02. The predicted molar refractivity (Wildman–Crippen MR) is 114 cm³/mol. The van der Waals surface area contributed by atoms with E-state index in [-0.39, 0.29) is 6.03 Å². The third-order valence-electron chi connectivity index (χ3n) is 5.02. The fraction of sp³-hybridized carbons (Fsp3) is 0.174. The molecule has 0 atom stereocenters. The third kappa shape index (κ3) is 4.19. The smallest absolute Gasteiger partial charge is 0.321 e. The Morgan fingerprint density at radius 1 is 0.931 bits per heavy atom. The van der Waals surface area contributed by atoms with E-state index in [0.717, 1.165) is 22.6 Å². The lowest BCUT2D eigenvalue weighted by atomic mass is 10.0. The van der Waals surface area contributed by atoms with Crippen LogP contribution in [0.3, 0.4) is 0 Å². The standard InChI is InChI=1S/C23H21N5O/c24-16-18-10-11-22(25-17-18)27-12-14-28(15-13-27)23(29)26-21-9-5-4-8-20(21)19-6-2-1-3-7-19/h1-11,17H,12-15H2,(H,26,29). The number of urea groups is 1. The number of aromatic nitrogens is 1. The Kier molecular flexibility index (Phi) is 5.39. The number of nitriles is 1. The van der Waals surface area contributed by atoms with Crippen LogP contribution in [0.2, 0.25) is 0 Å². The van der Waals surface area contributed by atoms with Gasteiger partial charge in [0.25, 0.3) is 0 Å². The minimum Gasteiger partial charge on any atom is -0.353 e. The molecule has 0 saturated carbocycles. The van der Waals surface area contributed by atoms with Gasteiger partial charge in [-0.3, -0.25) is 0 Å². The summed E-state index contributed by atoms with van der Waals surface area (Å²) in [6.07, 6.45) is 1.58. The average molecular weight is 383 g/mol. The Bertz CT molecular complexity index is 1020. The van der Waals surface area contributed by atoms with E-state index in [2.05, 4.69) is 21.3 Å². The number of benzene rings is 2. The van der Waals surface area contributed by atoms with Gasteiger partial charge in [0.2, 0.25) is 0 Å². The quantitative estimate of drug-likeness (QED) is 0.743. The topological polar surface area (TPSA) is 72.3 Å². The number of anilines is 2. The average Bonchev–Trinajstić information content (AvgIpc) is 2.80. The molecule has 1 saturated heterocycles. The van der Waals surface area contributed by atoms with Crippen molar-refractivity contribution in [3.05, 3.63) is 78.5 Å². The predicted octanol–water partition coefficient (Wildman–Crippen LogP) is 3.97. The van der Waals surface area contributed by atoms with E-state index < -0.39 is 0 Å². The molecule has 2 heterocycles. The first kappa shape index (κ1) is 18.5. The summed E-state index contributed by atoms with van der Waals surface area (Å²) in [5, 5.41) is 12.0. The molecule has 4 rings (SSSR count). The van der Waals surface area contributed by atoms with Gasteiger partial charge in [0, 0.05) is 37.9 Å². The van der Waals surface area contributed by atoms with Crippen molar-refractivity contribution in [2.75, 3.05) is 36.4 Å². The fourth-order valence-electron chi connectivity index (χ4n) is 3.43. The van der Waals surface area contributed by atoms with Gasteiger partial charge in [-0.1, -0.05) is 48.5 Å². The molecule has 2 amide bonds. The molecule has 1 aliphatic heterocycles. The molecule has 3 aromatic rings. The Morgan fingerprint density at radius 3 is 2.34 bits per heavy atom. The highest BCUT2D eigenvalue weighted by Crippen LogP contribution is 2.28. The first-order valence-corrected chi connectivity index (χ1v) is 9.56. The highest BCUT2D eigenvalue weighted by molar-refractivity contribution is 5.94. The maximum Gasteiger partial charge on any atom is 0.321 e. The van der Waals surface area contributed by atoms with Gasteiger partial charge in [-0.25, -0.2) is 9.78 Å². The molecule has 0 bridgehead atoms. The van der Waals surface area contributed by atoms with Crippen LogP contribution in [0.4, 0.5) is 16.3 Å². The molecule has 0 radical (unpaired) electrons. The molecule has 0 spiro atoms. The van der Waals surface area contributed by atoms with Crippen LogP contribution in [0.15, 0.2) is 72.9 Å². The van der Waals surface area contributed by atoms with Gasteiger partial charge in [0.1, 0.15) is 11.9 Å². The number of carbonyl (C=O) groups excluding carboxylic acids is 1. The van der Waals surface area contributed by atoms with Gasteiger partial charge >= 0.3 is 6.03 Å².